The van der Waals surface area contributed by atoms with Gasteiger partial charge in [-0.2, -0.15) is 16.4 Å². The molecule has 1 aliphatic rings. The van der Waals surface area contributed by atoms with E-state index in [9.17, 15) is 8.42 Å². The zero-order valence-electron chi connectivity index (χ0n) is 11.9. The van der Waals surface area contributed by atoms with Gasteiger partial charge in [0.2, 0.25) is 10.0 Å². The van der Waals surface area contributed by atoms with Gasteiger partial charge in [-0.3, -0.25) is 4.68 Å². The minimum absolute atomic E-state index is 0.0464. The van der Waals surface area contributed by atoms with Crippen molar-refractivity contribution in [3.05, 3.63) is 34.8 Å². The average Bonchev–Trinajstić information content (AvgIpc) is 3.18. The molecule has 0 amide bonds. The molecule has 5 nitrogen and oxygen atoms in total. The van der Waals surface area contributed by atoms with E-state index in [2.05, 4.69) is 26.6 Å². The summed E-state index contributed by atoms with van der Waals surface area (Å²) in [6.07, 6.45) is 7.30. The Labute approximate surface area is 129 Å². The number of aryl methyl sites for hydroxylation is 1. The molecule has 0 spiro atoms. The van der Waals surface area contributed by atoms with Crippen molar-refractivity contribution in [1.82, 2.24) is 14.5 Å². The number of aromatic nitrogens is 2. The molecule has 1 fully saturated rings. The highest BCUT2D eigenvalue weighted by Gasteiger charge is 2.37. The second kappa shape index (κ2) is 5.55. The first kappa shape index (κ1) is 14.7. The third-order valence-electron chi connectivity index (χ3n) is 4.29. The minimum atomic E-state index is -3.49. The fourth-order valence-electron chi connectivity index (χ4n) is 3.04. The molecule has 0 saturated heterocycles. The number of thiophene rings is 1. The van der Waals surface area contributed by atoms with Gasteiger partial charge in [-0.15, -0.1) is 0 Å². The van der Waals surface area contributed by atoms with E-state index in [0.717, 1.165) is 25.7 Å². The molecule has 0 aliphatic heterocycles. The summed E-state index contributed by atoms with van der Waals surface area (Å²) >= 11 is 1.67. The molecule has 3 rings (SSSR count). The van der Waals surface area contributed by atoms with Gasteiger partial charge in [0.15, 0.2) is 0 Å². The number of hydrogen-bond acceptors (Lipinski definition) is 4. The Morgan fingerprint density at radius 1 is 1.43 bits per heavy atom. The zero-order valence-corrected chi connectivity index (χ0v) is 13.6. The second-order valence-electron chi connectivity index (χ2n) is 5.67. The lowest BCUT2D eigenvalue weighted by atomic mass is 9.81. The van der Waals surface area contributed by atoms with Crippen molar-refractivity contribution in [2.24, 2.45) is 7.05 Å². The minimum Gasteiger partial charge on any atom is -0.274 e. The maximum Gasteiger partial charge on any atom is 0.243 e. The highest BCUT2D eigenvalue weighted by Crippen LogP contribution is 2.41. The average molecular weight is 325 g/mol. The van der Waals surface area contributed by atoms with Crippen molar-refractivity contribution in [2.45, 2.75) is 36.0 Å². The molecular formula is C14H19N3O2S2. The lowest BCUT2D eigenvalue weighted by Gasteiger charge is -2.28. The molecule has 1 N–H and O–H groups in total. The van der Waals surface area contributed by atoms with Crippen LogP contribution in [0.4, 0.5) is 0 Å². The Morgan fingerprint density at radius 3 is 2.76 bits per heavy atom. The third-order valence-corrected chi connectivity index (χ3v) is 6.33. The summed E-state index contributed by atoms with van der Waals surface area (Å²) in [6.45, 7) is 0.459. The van der Waals surface area contributed by atoms with Crippen LogP contribution >= 0.6 is 11.3 Å². The molecule has 0 aromatic carbocycles. The summed E-state index contributed by atoms with van der Waals surface area (Å²) in [6, 6.07) is 2.12. The van der Waals surface area contributed by atoms with Crippen LogP contribution in [-0.4, -0.2) is 24.7 Å². The topological polar surface area (TPSA) is 64.0 Å². The van der Waals surface area contributed by atoms with E-state index < -0.39 is 10.0 Å². The molecule has 114 valence electrons. The maximum atomic E-state index is 12.4. The zero-order chi connectivity index (χ0) is 14.9. The van der Waals surface area contributed by atoms with Crippen LogP contribution in [0.3, 0.4) is 0 Å². The van der Waals surface area contributed by atoms with E-state index in [1.54, 1.807) is 18.4 Å². The van der Waals surface area contributed by atoms with Gasteiger partial charge < -0.3 is 0 Å². The Hall–Kier alpha value is -1.18. The van der Waals surface area contributed by atoms with Crippen molar-refractivity contribution in [3.8, 4) is 0 Å². The molecule has 2 heterocycles. The number of hydrogen-bond donors (Lipinski definition) is 1. The fourth-order valence-corrected chi connectivity index (χ4v) is 4.93. The highest BCUT2D eigenvalue weighted by atomic mass is 32.2. The van der Waals surface area contributed by atoms with Crippen molar-refractivity contribution in [1.29, 1.82) is 0 Å². The lowest BCUT2D eigenvalue weighted by molar-refractivity contribution is 0.433. The van der Waals surface area contributed by atoms with Crippen molar-refractivity contribution in [3.63, 3.8) is 0 Å². The Bertz CT molecular complexity index is 698. The summed E-state index contributed by atoms with van der Waals surface area (Å²) in [4.78, 5) is 0.225. The highest BCUT2D eigenvalue weighted by molar-refractivity contribution is 7.89. The Kier molecular flexibility index (Phi) is 3.90. The van der Waals surface area contributed by atoms with Gasteiger partial charge in [-0.1, -0.05) is 12.8 Å². The van der Waals surface area contributed by atoms with Crippen LogP contribution in [0.15, 0.2) is 34.1 Å². The first-order valence-electron chi connectivity index (χ1n) is 7.03. The SMILES string of the molecule is Cn1cc(S(=O)(=O)NCC2(c3ccsc3)CCCC2)cn1. The van der Waals surface area contributed by atoms with Crippen molar-refractivity contribution >= 4 is 21.4 Å². The molecule has 21 heavy (non-hydrogen) atoms. The maximum absolute atomic E-state index is 12.4. The number of nitrogens with zero attached hydrogens (tertiary/aromatic N) is 2. The van der Waals surface area contributed by atoms with Gasteiger partial charge in [0.25, 0.3) is 0 Å². The van der Waals surface area contributed by atoms with E-state index in [1.807, 2.05) is 0 Å². The molecule has 1 aliphatic carbocycles. The predicted octanol–water partition coefficient (Wildman–Crippen LogP) is 2.27. The summed E-state index contributed by atoms with van der Waals surface area (Å²) < 4.78 is 29.0. The molecular weight excluding hydrogens is 306 g/mol. The number of sulfonamides is 1. The normalized spacial score (nSPS) is 18.1. The van der Waals surface area contributed by atoms with Crippen LogP contribution in [0, 0.1) is 0 Å². The predicted molar refractivity (Wildman–Crippen MR) is 82.9 cm³/mol. The standard InChI is InChI=1S/C14H19N3O2S2/c1-17-9-13(8-15-17)21(18,19)16-11-14(5-2-3-6-14)12-4-7-20-10-12/h4,7-10,16H,2-3,5-6,11H2,1H3. The second-order valence-corrected chi connectivity index (χ2v) is 8.22. The molecule has 0 bridgehead atoms. The first-order valence-corrected chi connectivity index (χ1v) is 9.45. The van der Waals surface area contributed by atoms with Gasteiger partial charge in [-0.25, -0.2) is 13.1 Å². The smallest absolute Gasteiger partial charge is 0.243 e. The van der Waals surface area contributed by atoms with Crippen LogP contribution in [0.25, 0.3) is 0 Å². The molecule has 1 saturated carbocycles. The largest absolute Gasteiger partial charge is 0.274 e. The van der Waals surface area contributed by atoms with Gasteiger partial charge in [-0.05, 0) is 35.2 Å². The number of rotatable bonds is 5. The van der Waals surface area contributed by atoms with E-state index in [0.29, 0.717) is 6.54 Å². The number of nitrogens with one attached hydrogen (secondary N) is 1. The fraction of sp³-hybridized carbons (Fsp3) is 0.500. The van der Waals surface area contributed by atoms with E-state index in [-0.39, 0.29) is 10.3 Å². The lowest BCUT2D eigenvalue weighted by Crippen LogP contribution is -2.38. The molecule has 2 aromatic rings. The van der Waals surface area contributed by atoms with Crippen LogP contribution < -0.4 is 4.72 Å². The van der Waals surface area contributed by atoms with Crippen LogP contribution in [-0.2, 0) is 22.5 Å². The molecule has 0 atom stereocenters. The Balaban J connectivity index is 1.79. The van der Waals surface area contributed by atoms with Crippen LogP contribution in [0.2, 0.25) is 0 Å². The summed E-state index contributed by atoms with van der Waals surface area (Å²) in [5.41, 5.74) is 1.22. The van der Waals surface area contributed by atoms with Gasteiger partial charge >= 0.3 is 0 Å². The van der Waals surface area contributed by atoms with E-state index in [1.165, 1.54) is 22.6 Å². The molecule has 0 unspecified atom stereocenters. The van der Waals surface area contributed by atoms with Crippen molar-refractivity contribution < 1.29 is 8.42 Å². The molecule has 0 radical (unpaired) electrons. The van der Waals surface area contributed by atoms with E-state index >= 15 is 0 Å². The summed E-state index contributed by atoms with van der Waals surface area (Å²) in [5, 5.41) is 8.13. The van der Waals surface area contributed by atoms with Gasteiger partial charge in [0.05, 0.1) is 6.20 Å². The first-order chi connectivity index (χ1) is 10.0. The van der Waals surface area contributed by atoms with E-state index in [4.69, 9.17) is 0 Å². The van der Waals surface area contributed by atoms with Gasteiger partial charge in [0.1, 0.15) is 4.90 Å². The third kappa shape index (κ3) is 2.90. The quantitative estimate of drug-likeness (QED) is 0.917. The monoisotopic (exact) mass is 325 g/mol. The van der Waals surface area contributed by atoms with Crippen LogP contribution in [0.1, 0.15) is 31.2 Å². The van der Waals surface area contributed by atoms with Crippen LogP contribution in [0.5, 0.6) is 0 Å². The Morgan fingerprint density at radius 2 is 2.19 bits per heavy atom. The molecule has 2 aromatic heterocycles. The molecule has 7 heteroatoms. The van der Waals surface area contributed by atoms with Crippen molar-refractivity contribution in [2.75, 3.05) is 6.54 Å². The van der Waals surface area contributed by atoms with Gasteiger partial charge in [0, 0.05) is 25.2 Å². The summed E-state index contributed by atoms with van der Waals surface area (Å²) in [7, 11) is -1.77. The summed E-state index contributed by atoms with van der Waals surface area (Å²) in [5.74, 6) is 0.